The summed E-state index contributed by atoms with van der Waals surface area (Å²) in [6, 6.07) is 15.1. The average Bonchev–Trinajstić information content (AvgIpc) is 2.86. The van der Waals surface area contributed by atoms with E-state index in [-0.39, 0.29) is 51.5 Å². The third-order valence-electron chi connectivity index (χ3n) is 5.47. The second-order valence-electron chi connectivity index (χ2n) is 8.10. The van der Waals surface area contributed by atoms with E-state index in [0.29, 0.717) is 39.4 Å². The van der Waals surface area contributed by atoms with Gasteiger partial charge >= 0.3 is 29.6 Å². The minimum Gasteiger partial charge on any atom is -0.870 e. The normalized spacial score (nSPS) is 11.4. The molecule has 0 saturated heterocycles. The number of fused-ring (bicyclic) bond motifs is 1. The van der Waals surface area contributed by atoms with Gasteiger partial charge in [-0.25, -0.2) is 0 Å². The molecule has 0 saturated carbocycles. The first-order valence-electron chi connectivity index (χ1n) is 11.2. The minimum absolute atomic E-state index is 0. The molecule has 196 valence electrons. The number of halogens is 2. The Hall–Kier alpha value is -2.70. The smallest absolute Gasteiger partial charge is 0.870 e. The van der Waals surface area contributed by atoms with Gasteiger partial charge in [-0.05, 0) is 61.2 Å². The molecule has 4 aromatic carbocycles. The van der Waals surface area contributed by atoms with Crippen LogP contribution in [0.15, 0.2) is 75.8 Å². The van der Waals surface area contributed by atoms with Crippen LogP contribution in [0.4, 0.5) is 17.1 Å². The molecule has 1 amide bonds. The summed E-state index contributed by atoms with van der Waals surface area (Å²) >= 11 is 12.5. The molecule has 13 heteroatoms. The predicted molar refractivity (Wildman–Crippen MR) is 144 cm³/mol. The Balaban J connectivity index is 0.00000420. The summed E-state index contributed by atoms with van der Waals surface area (Å²) in [7, 11) is -4.54. The second kappa shape index (κ2) is 12.6. The number of anilines is 1. The molecule has 0 aliphatic rings. The Morgan fingerprint density at radius 3 is 2.46 bits per heavy atom. The van der Waals surface area contributed by atoms with Crippen molar-refractivity contribution in [2.75, 3.05) is 11.9 Å². The molecule has 0 heterocycles. The summed E-state index contributed by atoms with van der Waals surface area (Å²) in [5.41, 5.74) is 0.246. The van der Waals surface area contributed by atoms with Crippen LogP contribution >= 0.6 is 23.2 Å². The molecule has 0 fully saturated rings. The SMILES string of the molecule is CCOc1ccc(NC(=O)c2cc3ccccc3c(N=Nc3cc(S(=O)(=O)O)cc(C)c3Cl)c2[O-])cc1Cl.[Na+]. The van der Waals surface area contributed by atoms with Crippen LogP contribution in [0.25, 0.3) is 10.8 Å². The number of aryl methyl sites for hydroxylation is 1. The molecule has 9 nitrogen and oxygen atoms in total. The topological polar surface area (TPSA) is 140 Å². The van der Waals surface area contributed by atoms with Crippen molar-refractivity contribution in [3.63, 3.8) is 0 Å². The molecule has 39 heavy (non-hydrogen) atoms. The predicted octanol–water partition coefficient (Wildman–Crippen LogP) is 3.85. The molecule has 4 rings (SSSR count). The van der Waals surface area contributed by atoms with Gasteiger partial charge in [0.1, 0.15) is 11.4 Å². The molecule has 0 radical (unpaired) electrons. The third-order valence-corrected chi connectivity index (χ3v) is 7.09. The van der Waals surface area contributed by atoms with Gasteiger partial charge in [0, 0.05) is 16.6 Å². The van der Waals surface area contributed by atoms with Gasteiger partial charge in [-0.15, -0.1) is 5.11 Å². The van der Waals surface area contributed by atoms with E-state index in [4.69, 9.17) is 27.9 Å². The van der Waals surface area contributed by atoms with E-state index in [0.717, 1.165) is 6.07 Å². The van der Waals surface area contributed by atoms with Crippen molar-refractivity contribution >= 4 is 67.1 Å². The molecule has 0 aliphatic carbocycles. The number of nitrogens with zero attached hydrogens (tertiary/aromatic N) is 2. The van der Waals surface area contributed by atoms with Crippen molar-refractivity contribution in [1.82, 2.24) is 0 Å². The first-order valence-corrected chi connectivity index (χ1v) is 13.3. The number of hydrogen-bond acceptors (Lipinski definition) is 7. The molecule has 4 aromatic rings. The number of azo groups is 1. The summed E-state index contributed by atoms with van der Waals surface area (Å²) < 4.78 is 38.1. The zero-order valence-corrected chi connectivity index (χ0v) is 25.4. The van der Waals surface area contributed by atoms with E-state index >= 15 is 0 Å². The molecule has 0 unspecified atom stereocenters. The van der Waals surface area contributed by atoms with Crippen LogP contribution in [0.2, 0.25) is 10.0 Å². The standard InChI is InChI=1S/C26H21Cl2N3O6S.Na/c1-3-37-22-9-8-16(12-20(22)27)29-26(33)19-11-15-6-4-5-7-18(15)24(25(19)32)31-30-21-13-17(38(34,35)36)10-14(2)23(21)28;/h4-13,32H,3H2,1-2H3,(H,29,33)(H,34,35,36);/q;+1/p-1. The number of hydrogen-bond donors (Lipinski definition) is 2. The van der Waals surface area contributed by atoms with Crippen molar-refractivity contribution in [2.45, 2.75) is 18.7 Å². The van der Waals surface area contributed by atoms with Crippen LogP contribution in [-0.4, -0.2) is 25.5 Å². The monoisotopic (exact) mass is 595 g/mol. The summed E-state index contributed by atoms with van der Waals surface area (Å²) in [5, 5.41) is 25.4. The number of rotatable bonds is 7. The van der Waals surface area contributed by atoms with Gasteiger partial charge in [-0.1, -0.05) is 53.2 Å². The van der Waals surface area contributed by atoms with Crippen LogP contribution in [0.1, 0.15) is 22.8 Å². The van der Waals surface area contributed by atoms with E-state index in [2.05, 4.69) is 15.5 Å². The van der Waals surface area contributed by atoms with Crippen LogP contribution in [0, 0.1) is 6.92 Å². The van der Waals surface area contributed by atoms with Crippen molar-refractivity contribution in [3.05, 3.63) is 81.8 Å². The van der Waals surface area contributed by atoms with Crippen molar-refractivity contribution in [2.24, 2.45) is 10.2 Å². The first kappa shape index (κ1) is 30.8. The number of ether oxygens (including phenoxy) is 1. The van der Waals surface area contributed by atoms with Crippen molar-refractivity contribution in [1.29, 1.82) is 0 Å². The summed E-state index contributed by atoms with van der Waals surface area (Å²) in [6.07, 6.45) is 0. The van der Waals surface area contributed by atoms with Gasteiger partial charge in [-0.3, -0.25) is 9.35 Å². The summed E-state index contributed by atoms with van der Waals surface area (Å²) in [6.45, 7) is 3.77. The number of nitrogens with one attached hydrogen (secondary N) is 1. The Morgan fingerprint density at radius 1 is 1.08 bits per heavy atom. The molecule has 0 aromatic heterocycles. The zero-order valence-electron chi connectivity index (χ0n) is 21.0. The molecule has 0 spiro atoms. The quantitative estimate of drug-likeness (QED) is 0.189. The minimum atomic E-state index is -4.54. The average molecular weight is 596 g/mol. The van der Waals surface area contributed by atoms with E-state index < -0.39 is 26.7 Å². The number of amides is 1. The molecular formula is C26H20Cl2N3NaO6S. The molecule has 0 atom stereocenters. The van der Waals surface area contributed by atoms with Gasteiger partial charge in [0.05, 0.1) is 27.2 Å². The van der Waals surface area contributed by atoms with Crippen LogP contribution in [0.3, 0.4) is 0 Å². The fourth-order valence-corrected chi connectivity index (χ4v) is 4.64. The van der Waals surface area contributed by atoms with Gasteiger partial charge in [-0.2, -0.15) is 13.5 Å². The zero-order chi connectivity index (χ0) is 27.6. The van der Waals surface area contributed by atoms with E-state index in [9.17, 15) is 22.9 Å². The molecular weight excluding hydrogens is 576 g/mol. The number of carbonyl (C=O) groups excluding carboxylic acids is 1. The maximum atomic E-state index is 13.4. The van der Waals surface area contributed by atoms with Crippen LogP contribution in [0.5, 0.6) is 11.5 Å². The van der Waals surface area contributed by atoms with E-state index in [1.54, 1.807) is 36.4 Å². The van der Waals surface area contributed by atoms with Crippen LogP contribution in [-0.2, 0) is 10.1 Å². The number of carbonyl (C=O) groups is 1. The van der Waals surface area contributed by atoms with Gasteiger partial charge < -0.3 is 15.2 Å². The Morgan fingerprint density at radius 2 is 1.79 bits per heavy atom. The maximum Gasteiger partial charge on any atom is 1.00 e. The summed E-state index contributed by atoms with van der Waals surface area (Å²) in [5.74, 6) is -0.947. The third kappa shape index (κ3) is 6.90. The number of benzene rings is 4. The van der Waals surface area contributed by atoms with Gasteiger partial charge in [0.2, 0.25) is 0 Å². The van der Waals surface area contributed by atoms with Gasteiger partial charge in [0.15, 0.2) is 0 Å². The van der Waals surface area contributed by atoms with Crippen LogP contribution < -0.4 is 44.7 Å². The molecule has 2 N–H and O–H groups in total. The summed E-state index contributed by atoms with van der Waals surface area (Å²) in [4.78, 5) is 12.7. The van der Waals surface area contributed by atoms with Crippen molar-refractivity contribution in [3.8, 4) is 11.5 Å². The second-order valence-corrected chi connectivity index (χ2v) is 10.3. The van der Waals surface area contributed by atoms with Gasteiger partial charge in [0.25, 0.3) is 16.0 Å². The maximum absolute atomic E-state index is 13.4. The Labute approximate surface area is 256 Å². The fourth-order valence-electron chi connectivity index (χ4n) is 3.67. The first-order chi connectivity index (χ1) is 18.0. The van der Waals surface area contributed by atoms with E-state index in [1.807, 2.05) is 6.92 Å². The molecule has 0 bridgehead atoms. The van der Waals surface area contributed by atoms with Crippen molar-refractivity contribution < 1.29 is 57.2 Å². The fraction of sp³-hybridized carbons (Fsp3) is 0.115. The Kier molecular flexibility index (Phi) is 10.0. The largest absolute Gasteiger partial charge is 1.00 e. The van der Waals surface area contributed by atoms with E-state index in [1.165, 1.54) is 25.1 Å². The molecule has 0 aliphatic heterocycles. The Bertz CT molecular complexity index is 1710.